The van der Waals surface area contributed by atoms with Gasteiger partial charge in [-0.2, -0.15) is 4.31 Å². The van der Waals surface area contributed by atoms with Crippen LogP contribution in [0.1, 0.15) is 20.3 Å². The Kier molecular flexibility index (Phi) is 4.75. The number of ether oxygens (including phenoxy) is 2. The second-order valence-electron chi connectivity index (χ2n) is 5.18. The molecule has 1 aliphatic heterocycles. The molecule has 21 heavy (non-hydrogen) atoms. The van der Waals surface area contributed by atoms with Crippen LogP contribution >= 0.6 is 0 Å². The molecule has 0 aromatic heterocycles. The summed E-state index contributed by atoms with van der Waals surface area (Å²) in [6.07, 6.45) is 0.593. The van der Waals surface area contributed by atoms with Crippen molar-refractivity contribution in [2.45, 2.75) is 37.3 Å². The Hall–Kier alpha value is -1.31. The largest absolute Gasteiger partial charge is 0.495 e. The Morgan fingerprint density at radius 2 is 2.19 bits per heavy atom. The molecule has 0 radical (unpaired) electrons. The highest BCUT2D eigenvalue weighted by Crippen LogP contribution is 2.29. The first-order chi connectivity index (χ1) is 9.90. The molecule has 2 unspecified atom stereocenters. The Morgan fingerprint density at radius 3 is 2.76 bits per heavy atom. The minimum atomic E-state index is -3.59. The van der Waals surface area contributed by atoms with E-state index in [0.717, 1.165) is 0 Å². The lowest BCUT2D eigenvalue weighted by atomic mass is 10.2. The van der Waals surface area contributed by atoms with E-state index in [1.54, 1.807) is 6.07 Å². The molecule has 1 fully saturated rings. The van der Waals surface area contributed by atoms with Gasteiger partial charge in [0.05, 0.1) is 30.4 Å². The Bertz CT molecular complexity index is 603. The fourth-order valence-corrected chi connectivity index (χ4v) is 4.23. The van der Waals surface area contributed by atoms with Gasteiger partial charge in [0.25, 0.3) is 0 Å². The van der Waals surface area contributed by atoms with Crippen LogP contribution < -0.4 is 10.5 Å². The molecule has 0 bridgehead atoms. The van der Waals surface area contributed by atoms with Gasteiger partial charge in [-0.25, -0.2) is 8.42 Å². The van der Waals surface area contributed by atoms with E-state index in [2.05, 4.69) is 0 Å². The van der Waals surface area contributed by atoms with Gasteiger partial charge in [-0.15, -0.1) is 0 Å². The molecule has 0 spiro atoms. The van der Waals surface area contributed by atoms with Crippen molar-refractivity contribution in [2.75, 3.05) is 26.0 Å². The minimum absolute atomic E-state index is 0.113. The van der Waals surface area contributed by atoms with Crippen LogP contribution in [0.2, 0.25) is 0 Å². The van der Waals surface area contributed by atoms with E-state index in [0.29, 0.717) is 31.0 Å². The van der Waals surface area contributed by atoms with Crippen LogP contribution in [0, 0.1) is 0 Å². The van der Waals surface area contributed by atoms with Crippen LogP contribution in [0.25, 0.3) is 0 Å². The first kappa shape index (κ1) is 16.1. The lowest BCUT2D eigenvalue weighted by molar-refractivity contribution is -0.0230. The van der Waals surface area contributed by atoms with Crippen LogP contribution in [0.15, 0.2) is 23.1 Å². The van der Waals surface area contributed by atoms with E-state index >= 15 is 0 Å². The third-order valence-corrected chi connectivity index (χ3v) is 5.61. The van der Waals surface area contributed by atoms with Crippen LogP contribution in [0.3, 0.4) is 0 Å². The summed E-state index contributed by atoms with van der Waals surface area (Å²) in [6.45, 7) is 4.60. The highest BCUT2D eigenvalue weighted by Gasteiger charge is 2.35. The molecular weight excluding hydrogens is 292 g/mol. The average molecular weight is 314 g/mol. The number of nitrogens with zero attached hydrogens (tertiary/aromatic N) is 1. The fourth-order valence-electron chi connectivity index (χ4n) is 2.44. The number of methoxy groups -OCH3 is 1. The molecule has 2 rings (SSSR count). The van der Waals surface area contributed by atoms with Crippen molar-refractivity contribution in [3.8, 4) is 5.75 Å². The molecule has 1 saturated heterocycles. The number of anilines is 1. The van der Waals surface area contributed by atoms with E-state index in [1.807, 2.05) is 13.8 Å². The van der Waals surface area contributed by atoms with E-state index in [9.17, 15) is 8.42 Å². The number of morpholine rings is 1. The molecule has 0 amide bonds. The van der Waals surface area contributed by atoms with Crippen LogP contribution in [0.4, 0.5) is 5.69 Å². The minimum Gasteiger partial charge on any atom is -0.495 e. The standard InChI is InChI=1S/C14H22N2O4S/c1-4-11-9-20-10(2)8-16(11)21(17,18)12-5-6-14(19-3)13(15)7-12/h5-7,10-11H,4,8-9,15H2,1-3H3. The Balaban J connectivity index is 2.38. The number of hydrogen-bond acceptors (Lipinski definition) is 5. The SMILES string of the molecule is CCC1COC(C)CN1S(=O)(=O)c1ccc(OC)c(N)c1. The lowest BCUT2D eigenvalue weighted by Crippen LogP contribution is -2.51. The summed E-state index contributed by atoms with van der Waals surface area (Å²) in [5.74, 6) is 0.469. The van der Waals surface area contributed by atoms with Gasteiger partial charge in [0.1, 0.15) is 5.75 Å². The van der Waals surface area contributed by atoms with E-state index < -0.39 is 10.0 Å². The molecule has 1 aliphatic rings. The van der Waals surface area contributed by atoms with Gasteiger partial charge in [-0.3, -0.25) is 0 Å². The van der Waals surface area contributed by atoms with Crippen LogP contribution in [-0.2, 0) is 14.8 Å². The summed E-state index contributed by atoms with van der Waals surface area (Å²) in [6, 6.07) is 4.40. The topological polar surface area (TPSA) is 81.9 Å². The van der Waals surface area contributed by atoms with Crippen LogP contribution in [0.5, 0.6) is 5.75 Å². The highest BCUT2D eigenvalue weighted by atomic mass is 32.2. The van der Waals surface area contributed by atoms with Crippen molar-refractivity contribution in [1.29, 1.82) is 0 Å². The summed E-state index contributed by atoms with van der Waals surface area (Å²) in [7, 11) is -2.09. The molecule has 0 saturated carbocycles. The highest BCUT2D eigenvalue weighted by molar-refractivity contribution is 7.89. The molecule has 2 N–H and O–H groups in total. The van der Waals surface area contributed by atoms with Crippen molar-refractivity contribution < 1.29 is 17.9 Å². The fraction of sp³-hybridized carbons (Fsp3) is 0.571. The Labute approximate surface area is 125 Å². The van der Waals surface area contributed by atoms with E-state index in [4.69, 9.17) is 15.2 Å². The van der Waals surface area contributed by atoms with Crippen molar-refractivity contribution in [3.63, 3.8) is 0 Å². The number of hydrogen-bond donors (Lipinski definition) is 1. The van der Waals surface area contributed by atoms with Gasteiger partial charge < -0.3 is 15.2 Å². The number of nitrogen functional groups attached to an aromatic ring is 1. The second kappa shape index (κ2) is 6.21. The van der Waals surface area contributed by atoms with Gasteiger partial charge in [0, 0.05) is 12.6 Å². The molecular formula is C14H22N2O4S. The third-order valence-electron chi connectivity index (χ3n) is 3.70. The normalized spacial score (nSPS) is 24.0. The number of rotatable bonds is 4. The monoisotopic (exact) mass is 314 g/mol. The molecule has 1 aromatic rings. The van der Waals surface area contributed by atoms with Crippen LogP contribution in [-0.4, -0.2) is 45.1 Å². The molecule has 1 heterocycles. The average Bonchev–Trinajstić information content (AvgIpc) is 2.47. The van der Waals surface area contributed by atoms with E-state index in [1.165, 1.54) is 23.5 Å². The quantitative estimate of drug-likeness (QED) is 0.851. The number of nitrogens with two attached hydrogens (primary N) is 1. The summed E-state index contributed by atoms with van der Waals surface area (Å²) in [5, 5.41) is 0. The number of benzene rings is 1. The first-order valence-corrected chi connectivity index (χ1v) is 8.41. The Morgan fingerprint density at radius 1 is 1.48 bits per heavy atom. The molecule has 2 atom stereocenters. The van der Waals surface area contributed by atoms with E-state index in [-0.39, 0.29) is 17.0 Å². The molecule has 1 aromatic carbocycles. The predicted octanol–water partition coefficient (Wildman–Crippen LogP) is 1.47. The van der Waals surface area contributed by atoms with Gasteiger partial charge in [-0.05, 0) is 31.5 Å². The second-order valence-corrected chi connectivity index (χ2v) is 7.08. The summed E-state index contributed by atoms with van der Waals surface area (Å²) in [5.41, 5.74) is 6.13. The van der Waals surface area contributed by atoms with Gasteiger partial charge >= 0.3 is 0 Å². The molecule has 0 aliphatic carbocycles. The lowest BCUT2D eigenvalue weighted by Gasteiger charge is -2.37. The maximum absolute atomic E-state index is 12.8. The summed E-state index contributed by atoms with van der Waals surface area (Å²) < 4.78 is 37.8. The smallest absolute Gasteiger partial charge is 0.243 e. The maximum Gasteiger partial charge on any atom is 0.243 e. The maximum atomic E-state index is 12.8. The predicted molar refractivity (Wildman–Crippen MR) is 80.8 cm³/mol. The zero-order valence-corrected chi connectivity index (χ0v) is 13.4. The third kappa shape index (κ3) is 3.14. The van der Waals surface area contributed by atoms with Gasteiger partial charge in [-0.1, -0.05) is 6.92 Å². The van der Waals surface area contributed by atoms with Crippen molar-refractivity contribution in [3.05, 3.63) is 18.2 Å². The zero-order valence-electron chi connectivity index (χ0n) is 12.6. The van der Waals surface area contributed by atoms with Crippen molar-refractivity contribution >= 4 is 15.7 Å². The van der Waals surface area contributed by atoms with Crippen molar-refractivity contribution in [1.82, 2.24) is 4.31 Å². The summed E-state index contributed by atoms with van der Waals surface area (Å²) in [4.78, 5) is 0.188. The summed E-state index contributed by atoms with van der Waals surface area (Å²) >= 11 is 0. The number of sulfonamides is 1. The van der Waals surface area contributed by atoms with Gasteiger partial charge in [0.15, 0.2) is 0 Å². The first-order valence-electron chi connectivity index (χ1n) is 6.97. The van der Waals surface area contributed by atoms with Crippen molar-refractivity contribution in [2.24, 2.45) is 0 Å². The molecule has 7 heteroatoms. The molecule has 118 valence electrons. The van der Waals surface area contributed by atoms with Gasteiger partial charge in [0.2, 0.25) is 10.0 Å². The molecule has 6 nitrogen and oxygen atoms in total. The zero-order chi connectivity index (χ0) is 15.6.